The highest BCUT2D eigenvalue weighted by Gasteiger charge is 2.29. The molecule has 2 N–H and O–H groups in total. The van der Waals surface area contributed by atoms with Gasteiger partial charge in [0.2, 0.25) is 0 Å². The van der Waals surface area contributed by atoms with Crippen LogP contribution in [0.1, 0.15) is 77.9 Å². The maximum absolute atomic E-state index is 3.86. The van der Waals surface area contributed by atoms with E-state index in [1.165, 1.54) is 133 Å². The predicted molar refractivity (Wildman–Crippen MR) is 197 cm³/mol. The Labute approximate surface area is 267 Å². The number of hydrogen-bond donors (Lipinski definition) is 2. The van der Waals surface area contributed by atoms with Crippen LogP contribution < -0.4 is 0 Å². The molecule has 7 aromatic rings. The monoisotopic (exact) mass is 590 g/mol. The second-order valence-electron chi connectivity index (χ2n) is 14.1. The van der Waals surface area contributed by atoms with Gasteiger partial charge < -0.3 is 9.97 Å². The third kappa shape index (κ3) is 4.22. The van der Waals surface area contributed by atoms with Crippen molar-refractivity contribution in [2.45, 2.75) is 89.5 Å². The van der Waals surface area contributed by atoms with Crippen LogP contribution in [0.4, 0.5) is 0 Å². The quantitative estimate of drug-likeness (QED) is 0.176. The van der Waals surface area contributed by atoms with Crippen LogP contribution >= 0.6 is 0 Å². The van der Waals surface area contributed by atoms with Crippen molar-refractivity contribution in [3.63, 3.8) is 0 Å². The number of aromatic nitrogens is 2. The zero-order valence-corrected chi connectivity index (χ0v) is 29.2. The molecule has 5 aromatic carbocycles. The summed E-state index contributed by atoms with van der Waals surface area (Å²) in [6, 6.07) is 14.2. The second-order valence-corrected chi connectivity index (χ2v) is 14.1. The first-order valence-electron chi connectivity index (χ1n) is 16.4. The van der Waals surface area contributed by atoms with Crippen LogP contribution in [0.5, 0.6) is 0 Å². The molecule has 0 atom stereocenters. The van der Waals surface area contributed by atoms with Gasteiger partial charge >= 0.3 is 0 Å². The summed E-state index contributed by atoms with van der Waals surface area (Å²) in [5.41, 5.74) is 27.6. The van der Waals surface area contributed by atoms with E-state index in [9.17, 15) is 0 Å². The lowest BCUT2D eigenvalue weighted by Gasteiger charge is -2.15. The van der Waals surface area contributed by atoms with Gasteiger partial charge in [0.1, 0.15) is 0 Å². The third-order valence-corrected chi connectivity index (χ3v) is 11.7. The summed E-state index contributed by atoms with van der Waals surface area (Å²) < 4.78 is 0. The van der Waals surface area contributed by atoms with E-state index in [-0.39, 0.29) is 0 Å². The molecule has 0 saturated carbocycles. The molecule has 1 aliphatic carbocycles. The fraction of sp³-hybridized carbons (Fsp3) is 0.302. The van der Waals surface area contributed by atoms with Crippen molar-refractivity contribution >= 4 is 43.6 Å². The van der Waals surface area contributed by atoms with Crippen molar-refractivity contribution in [3.05, 3.63) is 114 Å². The van der Waals surface area contributed by atoms with Gasteiger partial charge in [-0.1, -0.05) is 12.1 Å². The van der Waals surface area contributed by atoms with Crippen LogP contribution in [0.25, 0.3) is 54.7 Å². The molecule has 0 bridgehead atoms. The average Bonchev–Trinajstić information content (AvgIpc) is 3.66. The first kappa shape index (κ1) is 29.4. The van der Waals surface area contributed by atoms with E-state index in [1.807, 2.05) is 0 Å². The summed E-state index contributed by atoms with van der Waals surface area (Å²) >= 11 is 0. The maximum atomic E-state index is 3.86. The van der Waals surface area contributed by atoms with Crippen molar-refractivity contribution in [1.82, 2.24) is 9.97 Å². The molecule has 0 unspecified atom stereocenters. The Bertz CT molecular complexity index is 2300. The van der Waals surface area contributed by atoms with Gasteiger partial charge in [-0.05, 0) is 197 Å². The van der Waals surface area contributed by atoms with Crippen molar-refractivity contribution in [2.24, 2.45) is 0 Å². The van der Waals surface area contributed by atoms with Gasteiger partial charge in [0, 0.05) is 38.1 Å². The number of hydrogen-bond acceptors (Lipinski definition) is 0. The van der Waals surface area contributed by atoms with Crippen LogP contribution in [0, 0.1) is 83.1 Å². The summed E-state index contributed by atoms with van der Waals surface area (Å²) in [4.78, 5) is 7.72. The highest BCUT2D eigenvalue weighted by molar-refractivity contribution is 6.29. The number of aromatic amines is 2. The Hall–Kier alpha value is -4.30. The smallest absolute Gasteiger partial charge is 0.0569 e. The van der Waals surface area contributed by atoms with Crippen LogP contribution in [0.2, 0.25) is 0 Å². The summed E-state index contributed by atoms with van der Waals surface area (Å²) in [6.07, 6.45) is 0.992. The van der Waals surface area contributed by atoms with Gasteiger partial charge in [0.15, 0.2) is 0 Å². The predicted octanol–water partition coefficient (Wildman–Crippen LogP) is 11.9. The lowest BCUT2D eigenvalue weighted by Crippen LogP contribution is -1.98. The summed E-state index contributed by atoms with van der Waals surface area (Å²) in [5, 5.41) is 5.41. The van der Waals surface area contributed by atoms with Crippen molar-refractivity contribution < 1.29 is 0 Å². The molecule has 2 heterocycles. The first-order chi connectivity index (χ1) is 21.3. The fourth-order valence-corrected chi connectivity index (χ4v) is 7.75. The van der Waals surface area contributed by atoms with Gasteiger partial charge in [-0.25, -0.2) is 0 Å². The van der Waals surface area contributed by atoms with E-state index in [2.05, 4.69) is 129 Å². The highest BCUT2D eigenvalue weighted by Crippen LogP contribution is 2.50. The molecular formula is C43H46N2. The lowest BCUT2D eigenvalue weighted by atomic mass is 9.90. The number of nitrogens with one attached hydrogen (secondary N) is 2. The molecule has 2 aromatic heterocycles. The van der Waals surface area contributed by atoms with Crippen LogP contribution in [-0.2, 0) is 6.42 Å². The van der Waals surface area contributed by atoms with Gasteiger partial charge in [0.25, 0.3) is 0 Å². The molecule has 8 rings (SSSR count). The Balaban J connectivity index is 0.000000230. The van der Waals surface area contributed by atoms with Crippen LogP contribution in [-0.4, -0.2) is 9.97 Å². The van der Waals surface area contributed by atoms with Crippen molar-refractivity contribution in [1.29, 1.82) is 0 Å². The molecule has 228 valence electrons. The lowest BCUT2D eigenvalue weighted by molar-refractivity contribution is 1.13. The molecule has 0 amide bonds. The van der Waals surface area contributed by atoms with Crippen LogP contribution in [0.15, 0.2) is 36.4 Å². The molecule has 0 spiro atoms. The fourth-order valence-electron chi connectivity index (χ4n) is 7.75. The van der Waals surface area contributed by atoms with Crippen LogP contribution in [0.3, 0.4) is 0 Å². The Morgan fingerprint density at radius 1 is 0.422 bits per heavy atom. The molecule has 0 fully saturated rings. The highest BCUT2D eigenvalue weighted by atomic mass is 14.8. The van der Waals surface area contributed by atoms with Gasteiger partial charge in [-0.15, -0.1) is 0 Å². The van der Waals surface area contributed by atoms with Crippen molar-refractivity contribution in [3.8, 4) is 11.1 Å². The molecule has 2 heteroatoms. The molecule has 0 aliphatic heterocycles. The maximum Gasteiger partial charge on any atom is 0.0569 e. The normalized spacial score (nSPS) is 12.4. The first-order valence-corrected chi connectivity index (χ1v) is 16.4. The van der Waals surface area contributed by atoms with E-state index in [0.29, 0.717) is 0 Å². The molecule has 0 saturated heterocycles. The molecular weight excluding hydrogens is 544 g/mol. The number of aryl methyl sites for hydroxylation is 6. The minimum absolute atomic E-state index is 0.992. The minimum atomic E-state index is 0.992. The largest absolute Gasteiger partial charge is 0.354 e. The van der Waals surface area contributed by atoms with E-state index < -0.39 is 0 Å². The number of benzene rings is 5. The standard InChI is InChI=1S/C31H28N2.C12H18/c1-14-7-20-13-24-27(21(20)8-15(14)2)30-29(23-10-17(4)19(6)12-26(23)33-30)31-28(24)22-9-16(3)18(5)11-25(22)32-31;1-7-8(2)10(4)12(6)11(5)9(7)3/h7-12,32-33H,13H2,1-6H3;1-6H3. The SMILES string of the molecule is Cc1c(C)c(C)c(C)c(C)c1C.Cc1cc2c(cc1C)-c1c(c3c4cc(C)c(C)cc4[nH]c3c3c1[nH]c1cc(C)c(C)cc13)C2. The third-order valence-electron chi connectivity index (χ3n) is 11.7. The number of rotatable bonds is 0. The van der Waals surface area contributed by atoms with Gasteiger partial charge in [-0.3, -0.25) is 0 Å². The summed E-state index contributed by atoms with van der Waals surface area (Å²) in [7, 11) is 0. The van der Waals surface area contributed by atoms with E-state index in [4.69, 9.17) is 0 Å². The van der Waals surface area contributed by atoms with E-state index >= 15 is 0 Å². The summed E-state index contributed by atoms with van der Waals surface area (Å²) in [5.74, 6) is 0. The Morgan fingerprint density at radius 2 is 0.822 bits per heavy atom. The Morgan fingerprint density at radius 3 is 1.33 bits per heavy atom. The number of fused-ring (bicyclic) bond motifs is 12. The Kier molecular flexibility index (Phi) is 6.61. The molecule has 0 radical (unpaired) electrons. The molecule has 45 heavy (non-hydrogen) atoms. The minimum Gasteiger partial charge on any atom is -0.354 e. The summed E-state index contributed by atoms with van der Waals surface area (Å²) in [6.45, 7) is 26.6. The molecule has 1 aliphatic rings. The zero-order chi connectivity index (χ0) is 32.2. The molecule has 2 nitrogen and oxygen atoms in total. The second kappa shape index (κ2) is 10.1. The number of H-pyrrole nitrogens is 2. The van der Waals surface area contributed by atoms with E-state index in [1.54, 1.807) is 0 Å². The van der Waals surface area contributed by atoms with Gasteiger partial charge in [-0.2, -0.15) is 0 Å². The van der Waals surface area contributed by atoms with Gasteiger partial charge in [0.05, 0.1) is 11.0 Å². The van der Waals surface area contributed by atoms with E-state index in [0.717, 1.165) is 6.42 Å². The van der Waals surface area contributed by atoms with Crippen molar-refractivity contribution in [2.75, 3.05) is 0 Å². The topological polar surface area (TPSA) is 31.6 Å². The zero-order valence-electron chi connectivity index (χ0n) is 29.2. The average molecular weight is 591 g/mol.